The summed E-state index contributed by atoms with van der Waals surface area (Å²) in [5.41, 5.74) is -0.879. The molecule has 2 aromatic carbocycles. The van der Waals surface area contributed by atoms with Crippen molar-refractivity contribution in [1.82, 2.24) is 0 Å². The molecule has 0 saturated heterocycles. The van der Waals surface area contributed by atoms with Crippen LogP contribution in [0.1, 0.15) is 15.9 Å². The lowest BCUT2D eigenvalue weighted by atomic mass is 10.2. The Balaban J connectivity index is 2.59. The zero-order chi connectivity index (χ0) is 18.8. The topological polar surface area (TPSA) is 93.5 Å². The number of halogens is 2. The highest BCUT2D eigenvalue weighted by Gasteiger charge is 2.27. The van der Waals surface area contributed by atoms with Crippen LogP contribution in [0.2, 0.25) is 0 Å². The third kappa shape index (κ3) is 3.92. The van der Waals surface area contributed by atoms with E-state index in [0.29, 0.717) is 0 Å². The molecule has 0 unspecified atom stereocenters. The van der Waals surface area contributed by atoms with Gasteiger partial charge in [0.1, 0.15) is 17.1 Å². The molecular formula is C16H11F2NO5S. The third-order valence-electron chi connectivity index (χ3n) is 3.09. The van der Waals surface area contributed by atoms with E-state index in [0.717, 1.165) is 43.7 Å². The second-order valence-corrected chi connectivity index (χ2v) is 6.89. The number of methoxy groups -OCH3 is 1. The average Bonchev–Trinajstić information content (AvgIpc) is 2.54. The van der Waals surface area contributed by atoms with Crippen LogP contribution in [-0.4, -0.2) is 27.8 Å². The highest BCUT2D eigenvalue weighted by Crippen LogP contribution is 2.31. The summed E-state index contributed by atoms with van der Waals surface area (Å²) in [7, 11) is -2.95. The fourth-order valence-electron chi connectivity index (χ4n) is 2.03. The maximum atomic E-state index is 14.6. The van der Waals surface area contributed by atoms with Crippen molar-refractivity contribution in [1.29, 1.82) is 5.26 Å². The molecule has 0 heterocycles. The first-order valence-corrected chi connectivity index (χ1v) is 8.56. The van der Waals surface area contributed by atoms with Crippen LogP contribution in [0.5, 0.6) is 11.5 Å². The summed E-state index contributed by atoms with van der Waals surface area (Å²) >= 11 is 0. The Morgan fingerprint density at radius 2 is 1.88 bits per heavy atom. The van der Waals surface area contributed by atoms with Crippen LogP contribution in [0.15, 0.2) is 35.2 Å². The maximum Gasteiger partial charge on any atom is 0.342 e. The fraction of sp³-hybridized carbons (Fsp3) is 0.125. The van der Waals surface area contributed by atoms with Gasteiger partial charge in [0, 0.05) is 12.3 Å². The molecule has 2 aromatic rings. The van der Waals surface area contributed by atoms with Crippen LogP contribution >= 0.6 is 0 Å². The van der Waals surface area contributed by atoms with Crippen molar-refractivity contribution in [2.75, 3.05) is 13.4 Å². The van der Waals surface area contributed by atoms with Crippen LogP contribution in [-0.2, 0) is 14.6 Å². The number of sulfone groups is 1. The quantitative estimate of drug-likeness (QED) is 0.772. The van der Waals surface area contributed by atoms with Gasteiger partial charge in [-0.15, -0.1) is 0 Å². The first kappa shape index (κ1) is 18.4. The lowest BCUT2D eigenvalue weighted by molar-refractivity contribution is 0.0590. The lowest BCUT2D eigenvalue weighted by Gasteiger charge is -2.12. The van der Waals surface area contributed by atoms with Gasteiger partial charge in [-0.3, -0.25) is 0 Å². The minimum Gasteiger partial charge on any atom is -0.465 e. The number of carbonyl (C=O) groups excluding carboxylic acids is 1. The van der Waals surface area contributed by atoms with Crippen molar-refractivity contribution in [2.24, 2.45) is 0 Å². The number of esters is 1. The lowest BCUT2D eigenvalue weighted by Crippen LogP contribution is -2.13. The predicted molar refractivity (Wildman–Crippen MR) is 82.0 cm³/mol. The standard InChI is InChI=1S/C16H11F2NO5S/c1-23-16(20)14-13(25(2,21)22)4-3-12(15(14)18)24-11-6-9(8-19)5-10(17)7-11/h3-7H,1-2H3. The van der Waals surface area contributed by atoms with E-state index >= 15 is 0 Å². The number of rotatable bonds is 4. The predicted octanol–water partition coefficient (Wildman–Crippen LogP) is 2.82. The van der Waals surface area contributed by atoms with Crippen molar-refractivity contribution < 1.29 is 31.5 Å². The first-order chi connectivity index (χ1) is 11.7. The average molecular weight is 367 g/mol. The van der Waals surface area contributed by atoms with Gasteiger partial charge in [0.15, 0.2) is 21.4 Å². The SMILES string of the molecule is COC(=O)c1c(S(C)(=O)=O)ccc(Oc2cc(F)cc(C#N)c2)c1F. The molecule has 0 saturated carbocycles. The van der Waals surface area contributed by atoms with Crippen LogP contribution in [0.3, 0.4) is 0 Å². The molecule has 0 N–H and O–H groups in total. The van der Waals surface area contributed by atoms with E-state index in [1.54, 1.807) is 6.07 Å². The van der Waals surface area contributed by atoms with Crippen LogP contribution in [0.4, 0.5) is 8.78 Å². The molecule has 0 bridgehead atoms. The zero-order valence-electron chi connectivity index (χ0n) is 13.0. The summed E-state index contributed by atoms with van der Waals surface area (Å²) in [5.74, 6) is -3.99. The van der Waals surface area contributed by atoms with E-state index in [1.807, 2.05) is 0 Å². The Hall–Kier alpha value is -2.99. The number of benzene rings is 2. The van der Waals surface area contributed by atoms with Gasteiger partial charge in [0.25, 0.3) is 0 Å². The molecule has 0 aliphatic rings. The van der Waals surface area contributed by atoms with Crippen molar-refractivity contribution in [3.63, 3.8) is 0 Å². The molecule has 0 aromatic heterocycles. The Bertz CT molecular complexity index is 996. The highest BCUT2D eigenvalue weighted by atomic mass is 32.2. The van der Waals surface area contributed by atoms with E-state index < -0.39 is 43.6 Å². The fourth-order valence-corrected chi connectivity index (χ4v) is 2.89. The largest absolute Gasteiger partial charge is 0.465 e. The number of hydrogen-bond donors (Lipinski definition) is 0. The Morgan fingerprint density at radius 3 is 2.44 bits per heavy atom. The molecule has 0 radical (unpaired) electrons. The van der Waals surface area contributed by atoms with E-state index in [1.165, 1.54) is 0 Å². The minimum atomic E-state index is -3.92. The molecule has 2 rings (SSSR count). The van der Waals surface area contributed by atoms with E-state index in [4.69, 9.17) is 10.00 Å². The normalized spacial score (nSPS) is 10.8. The van der Waals surface area contributed by atoms with Crippen molar-refractivity contribution in [3.8, 4) is 17.6 Å². The Morgan fingerprint density at radius 1 is 1.20 bits per heavy atom. The Kier molecular flexibility index (Phi) is 5.04. The molecule has 0 spiro atoms. The van der Waals surface area contributed by atoms with Crippen LogP contribution in [0, 0.1) is 23.0 Å². The smallest absolute Gasteiger partial charge is 0.342 e. The summed E-state index contributed by atoms with van der Waals surface area (Å²) in [5, 5.41) is 8.81. The number of nitrogens with zero attached hydrogens (tertiary/aromatic N) is 1. The molecule has 0 atom stereocenters. The van der Waals surface area contributed by atoms with E-state index in [2.05, 4.69) is 4.74 Å². The second kappa shape index (κ2) is 6.86. The summed E-state index contributed by atoms with van der Waals surface area (Å²) < 4.78 is 61.1. The molecule has 0 fully saturated rings. The number of ether oxygens (including phenoxy) is 2. The van der Waals surface area contributed by atoms with Crippen molar-refractivity contribution >= 4 is 15.8 Å². The van der Waals surface area contributed by atoms with Gasteiger partial charge in [0.2, 0.25) is 0 Å². The van der Waals surface area contributed by atoms with Gasteiger partial charge in [-0.05, 0) is 24.3 Å². The van der Waals surface area contributed by atoms with Gasteiger partial charge in [0.05, 0.1) is 23.6 Å². The highest BCUT2D eigenvalue weighted by molar-refractivity contribution is 7.90. The van der Waals surface area contributed by atoms with Crippen molar-refractivity contribution in [2.45, 2.75) is 4.90 Å². The molecule has 9 heteroatoms. The second-order valence-electron chi connectivity index (χ2n) is 4.90. The van der Waals surface area contributed by atoms with E-state index in [-0.39, 0.29) is 11.3 Å². The van der Waals surface area contributed by atoms with Gasteiger partial charge in [-0.2, -0.15) is 5.26 Å². The van der Waals surface area contributed by atoms with Gasteiger partial charge < -0.3 is 9.47 Å². The molecule has 6 nitrogen and oxygen atoms in total. The first-order valence-electron chi connectivity index (χ1n) is 6.66. The zero-order valence-corrected chi connectivity index (χ0v) is 13.9. The number of hydrogen-bond acceptors (Lipinski definition) is 6. The third-order valence-corrected chi connectivity index (χ3v) is 4.22. The minimum absolute atomic E-state index is 0.0589. The van der Waals surface area contributed by atoms with Crippen molar-refractivity contribution in [3.05, 3.63) is 53.1 Å². The monoisotopic (exact) mass is 367 g/mol. The van der Waals surface area contributed by atoms with E-state index in [9.17, 15) is 22.0 Å². The number of carbonyl (C=O) groups is 1. The van der Waals surface area contributed by atoms with Crippen LogP contribution in [0.25, 0.3) is 0 Å². The summed E-state index contributed by atoms with van der Waals surface area (Å²) in [6.45, 7) is 0. The summed E-state index contributed by atoms with van der Waals surface area (Å²) in [6.07, 6.45) is 0.806. The molecule has 0 amide bonds. The van der Waals surface area contributed by atoms with Gasteiger partial charge >= 0.3 is 5.97 Å². The summed E-state index contributed by atoms with van der Waals surface area (Å²) in [6, 6.07) is 6.68. The Labute approximate surface area is 142 Å². The summed E-state index contributed by atoms with van der Waals surface area (Å²) in [4.78, 5) is 11.2. The molecule has 0 aliphatic heterocycles. The molecule has 130 valence electrons. The van der Waals surface area contributed by atoms with Crippen LogP contribution < -0.4 is 4.74 Å². The molecule has 0 aliphatic carbocycles. The van der Waals surface area contributed by atoms with Gasteiger partial charge in [-0.25, -0.2) is 22.0 Å². The maximum absolute atomic E-state index is 14.6. The molecule has 25 heavy (non-hydrogen) atoms. The molecular weight excluding hydrogens is 356 g/mol. The number of nitriles is 1. The van der Waals surface area contributed by atoms with Gasteiger partial charge in [-0.1, -0.05) is 0 Å².